The molecule has 0 aliphatic heterocycles. The van der Waals surface area contributed by atoms with Gasteiger partial charge in [-0.05, 0) is 49.9 Å². The van der Waals surface area contributed by atoms with Crippen LogP contribution in [0.15, 0.2) is 9.79 Å². The molecule has 0 aromatic heterocycles. The van der Waals surface area contributed by atoms with Crippen molar-refractivity contribution in [3.8, 4) is 0 Å². The van der Waals surface area contributed by atoms with E-state index in [1.807, 2.05) is 0 Å². The molecule has 0 fully saturated rings. The Morgan fingerprint density at radius 3 is 0.889 bits per heavy atom. The minimum absolute atomic E-state index is 0.0371. The van der Waals surface area contributed by atoms with Crippen LogP contribution in [0.25, 0.3) is 0 Å². The number of hydrogen-bond acceptors (Lipinski definition) is 4. The lowest BCUT2D eigenvalue weighted by atomic mass is 10.0. The molecule has 0 aliphatic rings. The highest BCUT2D eigenvalue weighted by molar-refractivity contribution is 7.89. The Morgan fingerprint density at radius 1 is 0.611 bits per heavy atom. The third-order valence-corrected chi connectivity index (χ3v) is 5.42. The Hall–Kier alpha value is -0.960. The van der Waals surface area contributed by atoms with E-state index in [9.17, 15) is 16.8 Å². The summed E-state index contributed by atoms with van der Waals surface area (Å²) in [4.78, 5) is -0.0743. The van der Waals surface area contributed by atoms with E-state index in [2.05, 4.69) is 0 Å². The topological polar surface area (TPSA) is 120 Å². The molecule has 6 nitrogen and oxygen atoms in total. The van der Waals surface area contributed by atoms with Gasteiger partial charge in [0.1, 0.15) is 0 Å². The van der Waals surface area contributed by atoms with Gasteiger partial charge >= 0.3 is 0 Å². The van der Waals surface area contributed by atoms with Gasteiger partial charge in [0.25, 0.3) is 0 Å². The molecule has 0 atom stereocenters. The van der Waals surface area contributed by atoms with Crippen molar-refractivity contribution in [1.29, 1.82) is 0 Å². The lowest BCUT2D eigenvalue weighted by Gasteiger charge is -2.17. The van der Waals surface area contributed by atoms with E-state index >= 15 is 0 Å². The molecule has 1 rings (SSSR count). The standard InChI is InChI=1S/C10H16N2O4S2/c1-5-6(2)10(18(12,15)16)8(4)7(3)9(5)17(11,13)14/h1-4H3,(H2,11,13,14)(H2,12,15,16). The summed E-state index contributed by atoms with van der Waals surface area (Å²) in [5, 5.41) is 10.3. The first-order valence-corrected chi connectivity index (χ1v) is 8.14. The predicted octanol–water partition coefficient (Wildman–Crippen LogP) is 0.215. The molecule has 0 aliphatic carbocycles. The Morgan fingerprint density at radius 2 is 0.778 bits per heavy atom. The van der Waals surface area contributed by atoms with Crippen molar-refractivity contribution < 1.29 is 16.8 Å². The summed E-state index contributed by atoms with van der Waals surface area (Å²) in [5.41, 5.74) is 1.24. The summed E-state index contributed by atoms with van der Waals surface area (Å²) in [6, 6.07) is 0. The minimum atomic E-state index is -3.91. The van der Waals surface area contributed by atoms with Crippen LogP contribution in [0.3, 0.4) is 0 Å². The molecule has 1 aromatic carbocycles. The van der Waals surface area contributed by atoms with Crippen molar-refractivity contribution >= 4 is 20.0 Å². The molecular weight excluding hydrogens is 276 g/mol. The lowest BCUT2D eigenvalue weighted by molar-refractivity contribution is 0.591. The van der Waals surface area contributed by atoms with Crippen LogP contribution in [0.2, 0.25) is 0 Å². The molecule has 1 aromatic rings. The Labute approximate surface area is 107 Å². The van der Waals surface area contributed by atoms with Gasteiger partial charge in [-0.2, -0.15) is 0 Å². The van der Waals surface area contributed by atoms with E-state index in [0.29, 0.717) is 22.3 Å². The van der Waals surface area contributed by atoms with Crippen molar-refractivity contribution in [3.05, 3.63) is 22.3 Å². The Balaban J connectivity index is 4.03. The van der Waals surface area contributed by atoms with Gasteiger partial charge in [-0.3, -0.25) is 0 Å². The second kappa shape index (κ2) is 4.30. The highest BCUT2D eigenvalue weighted by atomic mass is 32.2. The summed E-state index contributed by atoms with van der Waals surface area (Å²) in [6.07, 6.45) is 0. The van der Waals surface area contributed by atoms with Gasteiger partial charge < -0.3 is 0 Å². The normalized spacial score (nSPS) is 12.8. The van der Waals surface area contributed by atoms with Crippen LogP contribution < -0.4 is 10.3 Å². The van der Waals surface area contributed by atoms with Gasteiger partial charge in [-0.25, -0.2) is 27.1 Å². The number of sulfonamides is 2. The summed E-state index contributed by atoms with van der Waals surface area (Å²) >= 11 is 0. The van der Waals surface area contributed by atoms with Gasteiger partial charge in [0.15, 0.2) is 0 Å². The SMILES string of the molecule is Cc1c(C)c(S(N)(=O)=O)c(C)c(C)c1S(N)(=O)=O. The van der Waals surface area contributed by atoms with Gasteiger partial charge in [-0.1, -0.05) is 0 Å². The summed E-state index contributed by atoms with van der Waals surface area (Å²) < 4.78 is 46.1. The maximum atomic E-state index is 11.5. The van der Waals surface area contributed by atoms with Crippen molar-refractivity contribution in [3.63, 3.8) is 0 Å². The van der Waals surface area contributed by atoms with Gasteiger partial charge in [0.05, 0.1) is 9.79 Å². The number of primary sulfonamides is 2. The van der Waals surface area contributed by atoms with Gasteiger partial charge in [0, 0.05) is 0 Å². The number of benzene rings is 1. The molecule has 0 saturated heterocycles. The highest BCUT2D eigenvalue weighted by Gasteiger charge is 2.25. The first-order valence-electron chi connectivity index (χ1n) is 5.05. The maximum Gasteiger partial charge on any atom is 0.238 e. The predicted molar refractivity (Wildman–Crippen MR) is 68.1 cm³/mol. The zero-order chi connectivity index (χ0) is 14.5. The van der Waals surface area contributed by atoms with E-state index < -0.39 is 20.0 Å². The van der Waals surface area contributed by atoms with Crippen LogP contribution in [0, 0.1) is 27.7 Å². The smallest absolute Gasteiger partial charge is 0.225 e. The zero-order valence-electron chi connectivity index (χ0n) is 10.6. The fraction of sp³-hybridized carbons (Fsp3) is 0.400. The molecular formula is C10H16N2O4S2. The molecule has 0 saturated carbocycles. The minimum Gasteiger partial charge on any atom is -0.225 e. The third-order valence-electron chi connectivity index (χ3n) is 3.06. The summed E-state index contributed by atoms with van der Waals surface area (Å²) in [5.74, 6) is 0. The van der Waals surface area contributed by atoms with Crippen molar-refractivity contribution in [2.75, 3.05) is 0 Å². The van der Waals surface area contributed by atoms with Crippen LogP contribution in [-0.2, 0) is 20.0 Å². The average molecular weight is 292 g/mol. The fourth-order valence-electron chi connectivity index (χ4n) is 2.10. The van der Waals surface area contributed by atoms with Crippen LogP contribution in [-0.4, -0.2) is 16.8 Å². The number of nitrogens with two attached hydrogens (primary N) is 2. The first kappa shape index (κ1) is 15.1. The van der Waals surface area contributed by atoms with E-state index in [1.54, 1.807) is 0 Å². The molecule has 0 radical (unpaired) electrons. The second-order valence-corrected chi connectivity index (χ2v) is 7.24. The number of hydrogen-bond donors (Lipinski definition) is 2. The van der Waals surface area contributed by atoms with Crippen LogP contribution in [0.5, 0.6) is 0 Å². The first-order chi connectivity index (χ1) is 7.89. The van der Waals surface area contributed by atoms with E-state index in [-0.39, 0.29) is 9.79 Å². The monoisotopic (exact) mass is 292 g/mol. The quantitative estimate of drug-likeness (QED) is 0.809. The molecule has 0 unspecified atom stereocenters. The molecule has 18 heavy (non-hydrogen) atoms. The van der Waals surface area contributed by atoms with Crippen LogP contribution in [0.4, 0.5) is 0 Å². The molecule has 0 amide bonds. The molecule has 4 N–H and O–H groups in total. The van der Waals surface area contributed by atoms with Crippen molar-refractivity contribution in [2.45, 2.75) is 37.5 Å². The second-order valence-electron chi connectivity index (χ2n) is 4.25. The summed E-state index contributed by atoms with van der Waals surface area (Å²) in [7, 11) is -7.81. The third kappa shape index (κ3) is 2.41. The van der Waals surface area contributed by atoms with Gasteiger partial charge in [0.2, 0.25) is 20.0 Å². The fourth-order valence-corrected chi connectivity index (χ4v) is 4.42. The van der Waals surface area contributed by atoms with Crippen LogP contribution >= 0.6 is 0 Å². The van der Waals surface area contributed by atoms with E-state index in [0.717, 1.165) is 0 Å². The molecule has 0 spiro atoms. The van der Waals surface area contributed by atoms with Crippen molar-refractivity contribution in [1.82, 2.24) is 0 Å². The zero-order valence-corrected chi connectivity index (χ0v) is 12.2. The van der Waals surface area contributed by atoms with Gasteiger partial charge in [-0.15, -0.1) is 0 Å². The van der Waals surface area contributed by atoms with Crippen LogP contribution in [0.1, 0.15) is 22.3 Å². The summed E-state index contributed by atoms with van der Waals surface area (Å²) in [6.45, 7) is 6.04. The molecule has 0 bridgehead atoms. The maximum absolute atomic E-state index is 11.5. The molecule has 8 heteroatoms. The highest BCUT2D eigenvalue weighted by Crippen LogP contribution is 2.31. The molecule has 0 heterocycles. The lowest BCUT2D eigenvalue weighted by Crippen LogP contribution is -2.21. The largest absolute Gasteiger partial charge is 0.238 e. The van der Waals surface area contributed by atoms with E-state index in [1.165, 1.54) is 27.7 Å². The van der Waals surface area contributed by atoms with Crippen molar-refractivity contribution in [2.24, 2.45) is 10.3 Å². The molecule has 102 valence electrons. The average Bonchev–Trinajstić information content (AvgIpc) is 2.10. The number of rotatable bonds is 2. The van der Waals surface area contributed by atoms with E-state index in [4.69, 9.17) is 10.3 Å². The Bertz CT molecular complexity index is 627. The Kier molecular flexibility index (Phi) is 3.61.